The summed E-state index contributed by atoms with van der Waals surface area (Å²) < 4.78 is 0. The van der Waals surface area contributed by atoms with Crippen LogP contribution in [0.5, 0.6) is 0 Å². The van der Waals surface area contributed by atoms with Gasteiger partial charge in [0, 0.05) is 58.9 Å². The lowest BCUT2D eigenvalue weighted by Crippen LogP contribution is -2.26. The van der Waals surface area contributed by atoms with Crippen molar-refractivity contribution in [3.05, 3.63) is 71.6 Å². The second kappa shape index (κ2) is 11.0. The molecule has 0 saturated heterocycles. The minimum Gasteiger partial charge on any atom is -0.360 e. The number of anilines is 2. The van der Waals surface area contributed by atoms with E-state index in [1.165, 1.54) is 0 Å². The van der Waals surface area contributed by atoms with E-state index in [9.17, 15) is 4.79 Å². The Balaban J connectivity index is 1.25. The van der Waals surface area contributed by atoms with Crippen molar-refractivity contribution in [3.63, 3.8) is 0 Å². The Hall–Kier alpha value is -3.88. The van der Waals surface area contributed by atoms with E-state index in [0.717, 1.165) is 58.1 Å². The van der Waals surface area contributed by atoms with Crippen LogP contribution >= 0.6 is 11.6 Å². The van der Waals surface area contributed by atoms with Crippen LogP contribution in [0.2, 0.25) is 5.02 Å². The van der Waals surface area contributed by atoms with Gasteiger partial charge in [-0.15, -0.1) is 0 Å². The van der Waals surface area contributed by atoms with Gasteiger partial charge in [-0.05, 0) is 56.7 Å². The quantitative estimate of drug-likeness (QED) is 0.196. The highest BCUT2D eigenvalue weighted by atomic mass is 35.5. The lowest BCUT2D eigenvalue weighted by molar-refractivity contribution is -0.121. The summed E-state index contributed by atoms with van der Waals surface area (Å²) in [5.74, 6) is 0.562. The van der Waals surface area contributed by atoms with Crippen LogP contribution in [0.4, 0.5) is 11.6 Å². The van der Waals surface area contributed by atoms with Crippen molar-refractivity contribution in [2.45, 2.75) is 19.3 Å². The fraction of sp³-hybridized carbons (Fsp3) is 0.250. The summed E-state index contributed by atoms with van der Waals surface area (Å²) in [6, 6.07) is 16.2. The second-order valence-corrected chi connectivity index (χ2v) is 9.77. The van der Waals surface area contributed by atoms with Crippen LogP contribution in [0.15, 0.2) is 60.9 Å². The Morgan fingerprint density at radius 3 is 2.84 bits per heavy atom. The fourth-order valence-corrected chi connectivity index (χ4v) is 4.59. The van der Waals surface area contributed by atoms with Gasteiger partial charge in [0.05, 0.1) is 16.9 Å². The first-order valence-corrected chi connectivity index (χ1v) is 12.7. The van der Waals surface area contributed by atoms with E-state index in [0.29, 0.717) is 29.6 Å². The Labute approximate surface area is 220 Å². The fourth-order valence-electron chi connectivity index (χ4n) is 4.39. The zero-order chi connectivity index (χ0) is 25.8. The van der Waals surface area contributed by atoms with Crippen molar-refractivity contribution in [2.75, 3.05) is 32.5 Å². The van der Waals surface area contributed by atoms with E-state index < -0.39 is 0 Å². The zero-order valence-electron chi connectivity index (χ0n) is 20.9. The molecule has 0 bridgehead atoms. The predicted molar refractivity (Wildman–Crippen MR) is 150 cm³/mol. The molecule has 0 unspecified atom stereocenters. The molecular formula is C28H30ClN7O. The summed E-state index contributed by atoms with van der Waals surface area (Å²) in [5, 5.41) is 8.95. The van der Waals surface area contributed by atoms with Gasteiger partial charge in [0.2, 0.25) is 11.9 Å². The van der Waals surface area contributed by atoms with Crippen LogP contribution in [0.25, 0.3) is 33.1 Å². The van der Waals surface area contributed by atoms with Gasteiger partial charge < -0.3 is 25.5 Å². The summed E-state index contributed by atoms with van der Waals surface area (Å²) >= 11 is 6.47. The van der Waals surface area contributed by atoms with Crippen molar-refractivity contribution in [3.8, 4) is 11.3 Å². The first-order valence-electron chi connectivity index (χ1n) is 12.4. The monoisotopic (exact) mass is 515 g/mol. The molecule has 0 radical (unpaired) electrons. The van der Waals surface area contributed by atoms with Gasteiger partial charge in [0.25, 0.3) is 0 Å². The van der Waals surface area contributed by atoms with Crippen LogP contribution in [-0.4, -0.2) is 57.9 Å². The number of H-pyrrole nitrogens is 2. The van der Waals surface area contributed by atoms with E-state index in [1.807, 2.05) is 62.8 Å². The minimum atomic E-state index is 0.0967. The van der Waals surface area contributed by atoms with Crippen molar-refractivity contribution < 1.29 is 4.79 Å². The summed E-state index contributed by atoms with van der Waals surface area (Å²) in [5.41, 5.74) is 5.57. The molecule has 0 spiro atoms. The number of aromatic amines is 2. The van der Waals surface area contributed by atoms with Crippen molar-refractivity contribution in [1.29, 1.82) is 0 Å². The lowest BCUT2D eigenvalue weighted by Gasteiger charge is -2.09. The highest BCUT2D eigenvalue weighted by molar-refractivity contribution is 6.33. The smallest absolute Gasteiger partial charge is 0.227 e. The first kappa shape index (κ1) is 24.8. The highest BCUT2D eigenvalue weighted by Crippen LogP contribution is 2.33. The van der Waals surface area contributed by atoms with Gasteiger partial charge >= 0.3 is 0 Å². The topological polar surface area (TPSA) is 102 Å². The maximum absolute atomic E-state index is 12.0. The molecular weight excluding hydrogens is 486 g/mol. The number of rotatable bonds is 10. The molecule has 5 aromatic rings. The lowest BCUT2D eigenvalue weighted by atomic mass is 10.1. The number of amides is 1. The summed E-state index contributed by atoms with van der Waals surface area (Å²) in [6.45, 7) is 1.52. The zero-order valence-corrected chi connectivity index (χ0v) is 21.7. The van der Waals surface area contributed by atoms with Crippen molar-refractivity contribution in [2.24, 2.45) is 0 Å². The predicted octanol–water partition coefficient (Wildman–Crippen LogP) is 5.50. The molecule has 0 fully saturated rings. The SMILES string of the molecule is CN(C)CCCC(=O)NCCc1cc2ccc(Nc3ncc(Cl)c(-c4c[nH]c5ccccc45)n3)cc2[nH]1. The molecule has 0 atom stereocenters. The Morgan fingerprint density at radius 2 is 1.97 bits per heavy atom. The molecule has 4 N–H and O–H groups in total. The molecule has 3 aromatic heterocycles. The standard InChI is InChI=1S/C28H30ClN7O/c1-36(2)13-5-8-26(37)30-12-11-20-14-18-9-10-19(15-25(18)33-20)34-28-32-17-23(29)27(35-28)22-16-31-24-7-4-3-6-21(22)24/h3-4,6-7,9-10,14-17,31,33H,5,8,11-13H2,1-2H3,(H,30,37)(H,32,34,35). The molecule has 0 aliphatic heterocycles. The van der Waals surface area contributed by atoms with E-state index in [2.05, 4.69) is 36.6 Å². The highest BCUT2D eigenvalue weighted by Gasteiger charge is 2.13. The number of para-hydroxylation sites is 1. The van der Waals surface area contributed by atoms with Crippen LogP contribution in [-0.2, 0) is 11.2 Å². The van der Waals surface area contributed by atoms with Gasteiger partial charge in [0.15, 0.2) is 0 Å². The van der Waals surface area contributed by atoms with Crippen molar-refractivity contribution >= 4 is 50.9 Å². The number of fused-ring (bicyclic) bond motifs is 2. The molecule has 9 heteroatoms. The number of aromatic nitrogens is 4. The molecule has 0 aliphatic rings. The first-order chi connectivity index (χ1) is 18.0. The average Bonchev–Trinajstić information content (AvgIpc) is 3.48. The van der Waals surface area contributed by atoms with Crippen LogP contribution in [0.3, 0.4) is 0 Å². The molecule has 2 aromatic carbocycles. The largest absolute Gasteiger partial charge is 0.360 e. The van der Waals surface area contributed by atoms with Crippen molar-refractivity contribution in [1.82, 2.24) is 30.2 Å². The number of hydrogen-bond acceptors (Lipinski definition) is 5. The van der Waals surface area contributed by atoms with Gasteiger partial charge in [0.1, 0.15) is 0 Å². The molecule has 0 saturated carbocycles. The Kier molecular flexibility index (Phi) is 7.39. The third kappa shape index (κ3) is 5.93. The molecule has 37 heavy (non-hydrogen) atoms. The molecule has 8 nitrogen and oxygen atoms in total. The average molecular weight is 516 g/mol. The number of carbonyl (C=O) groups is 1. The number of hydrogen-bond donors (Lipinski definition) is 4. The van der Waals surface area contributed by atoms with E-state index >= 15 is 0 Å². The molecule has 5 rings (SSSR count). The van der Waals surface area contributed by atoms with Crippen LogP contribution in [0, 0.1) is 0 Å². The molecule has 190 valence electrons. The number of nitrogens with zero attached hydrogens (tertiary/aromatic N) is 3. The second-order valence-electron chi connectivity index (χ2n) is 9.37. The van der Waals surface area contributed by atoms with E-state index in [-0.39, 0.29) is 5.91 Å². The van der Waals surface area contributed by atoms with Crippen LogP contribution in [0.1, 0.15) is 18.5 Å². The minimum absolute atomic E-state index is 0.0967. The van der Waals surface area contributed by atoms with Gasteiger partial charge in [-0.25, -0.2) is 9.97 Å². The summed E-state index contributed by atoms with van der Waals surface area (Å²) in [7, 11) is 4.03. The number of halogens is 1. The molecule has 0 aliphatic carbocycles. The Bertz CT molecular complexity index is 1540. The van der Waals surface area contributed by atoms with Gasteiger partial charge in [-0.1, -0.05) is 35.9 Å². The molecule has 1 amide bonds. The molecule has 3 heterocycles. The number of carbonyl (C=O) groups excluding carboxylic acids is 1. The number of nitrogens with one attached hydrogen (secondary N) is 4. The van der Waals surface area contributed by atoms with Gasteiger partial charge in [-0.2, -0.15) is 0 Å². The van der Waals surface area contributed by atoms with Crippen LogP contribution < -0.4 is 10.6 Å². The maximum Gasteiger partial charge on any atom is 0.227 e. The summed E-state index contributed by atoms with van der Waals surface area (Å²) in [6.07, 6.45) is 5.69. The van der Waals surface area contributed by atoms with E-state index in [4.69, 9.17) is 16.6 Å². The third-order valence-electron chi connectivity index (χ3n) is 6.25. The third-order valence-corrected chi connectivity index (χ3v) is 6.53. The number of benzene rings is 2. The van der Waals surface area contributed by atoms with E-state index in [1.54, 1.807) is 6.20 Å². The summed E-state index contributed by atoms with van der Waals surface area (Å²) in [4.78, 5) is 29.9. The van der Waals surface area contributed by atoms with Gasteiger partial charge in [-0.3, -0.25) is 4.79 Å². The normalized spacial score (nSPS) is 11.5. The Morgan fingerprint density at radius 1 is 1.11 bits per heavy atom. The maximum atomic E-state index is 12.0.